The highest BCUT2D eigenvalue weighted by Crippen LogP contribution is 2.43. The fourth-order valence-electron chi connectivity index (χ4n) is 4.00. The Hall–Kier alpha value is -4.24. The molecule has 0 saturated heterocycles. The van der Waals surface area contributed by atoms with Crippen LogP contribution >= 0.6 is 0 Å². The van der Waals surface area contributed by atoms with Crippen molar-refractivity contribution < 1.29 is 13.3 Å². The number of hydrogen-bond donors (Lipinski definition) is 0. The summed E-state index contributed by atoms with van der Waals surface area (Å²) >= 11 is 0. The van der Waals surface area contributed by atoms with Gasteiger partial charge in [0.25, 0.3) is 0 Å². The van der Waals surface area contributed by atoms with Gasteiger partial charge in [-0.05, 0) is 44.2 Å². The van der Waals surface area contributed by atoms with Crippen molar-refractivity contribution in [2.45, 2.75) is 20.4 Å². The van der Waals surface area contributed by atoms with Crippen LogP contribution in [0.1, 0.15) is 23.7 Å². The van der Waals surface area contributed by atoms with Gasteiger partial charge in [0.2, 0.25) is 5.88 Å². The number of aromatic nitrogens is 1. The second kappa shape index (κ2) is 7.54. The monoisotopic (exact) mass is 409 g/mol. The first-order valence-electron chi connectivity index (χ1n) is 9.99. The Labute approximate surface area is 178 Å². The highest BCUT2D eigenvalue weighted by Gasteiger charge is 2.26. The molecule has 0 radical (unpaired) electrons. The number of para-hydroxylation sites is 1. The van der Waals surface area contributed by atoms with E-state index in [1.54, 1.807) is 43.0 Å². The SMILES string of the molecule is CCn1c(C)c(C=Nc2oc(-c3ccco3)c(-c3ccco3)c2C#N)c2ccccc21. The molecule has 0 unspecified atom stereocenters. The quantitative estimate of drug-likeness (QED) is 0.302. The predicted molar refractivity (Wildman–Crippen MR) is 118 cm³/mol. The van der Waals surface area contributed by atoms with Gasteiger partial charge < -0.3 is 17.8 Å². The maximum atomic E-state index is 9.91. The first kappa shape index (κ1) is 18.8. The van der Waals surface area contributed by atoms with Crippen molar-refractivity contribution in [1.82, 2.24) is 4.57 Å². The molecular weight excluding hydrogens is 390 g/mol. The van der Waals surface area contributed by atoms with Crippen LogP contribution < -0.4 is 0 Å². The van der Waals surface area contributed by atoms with Gasteiger partial charge in [-0.25, -0.2) is 4.99 Å². The maximum Gasteiger partial charge on any atom is 0.238 e. The van der Waals surface area contributed by atoms with Gasteiger partial charge in [0.1, 0.15) is 17.4 Å². The molecule has 0 atom stereocenters. The van der Waals surface area contributed by atoms with Gasteiger partial charge in [-0.2, -0.15) is 5.26 Å². The number of hydrogen-bond acceptors (Lipinski definition) is 5. The molecule has 31 heavy (non-hydrogen) atoms. The molecule has 0 saturated carbocycles. The lowest BCUT2D eigenvalue weighted by Crippen LogP contribution is -1.96. The van der Waals surface area contributed by atoms with Crippen molar-refractivity contribution >= 4 is 23.0 Å². The zero-order chi connectivity index (χ0) is 21.4. The third-order valence-electron chi connectivity index (χ3n) is 5.42. The number of aryl methyl sites for hydroxylation is 1. The van der Waals surface area contributed by atoms with E-state index in [1.165, 1.54) is 0 Å². The lowest BCUT2D eigenvalue weighted by atomic mass is 10.1. The van der Waals surface area contributed by atoms with Gasteiger partial charge in [-0.3, -0.25) is 0 Å². The molecule has 0 bridgehead atoms. The average molecular weight is 409 g/mol. The summed E-state index contributed by atoms with van der Waals surface area (Å²) in [6.07, 6.45) is 4.88. The van der Waals surface area contributed by atoms with Crippen LogP contribution in [0.3, 0.4) is 0 Å². The van der Waals surface area contributed by atoms with Gasteiger partial charge in [-0.15, -0.1) is 0 Å². The largest absolute Gasteiger partial charge is 0.464 e. The molecule has 0 aliphatic carbocycles. The van der Waals surface area contributed by atoms with Gasteiger partial charge in [0.15, 0.2) is 11.5 Å². The van der Waals surface area contributed by atoms with Crippen LogP contribution in [0.2, 0.25) is 0 Å². The Morgan fingerprint density at radius 3 is 2.45 bits per heavy atom. The number of nitrogens with zero attached hydrogens (tertiary/aromatic N) is 3. The molecule has 0 aliphatic rings. The minimum Gasteiger partial charge on any atom is -0.464 e. The van der Waals surface area contributed by atoms with Crippen molar-refractivity contribution in [2.75, 3.05) is 0 Å². The third kappa shape index (κ3) is 2.99. The molecule has 0 fully saturated rings. The van der Waals surface area contributed by atoms with E-state index in [2.05, 4.69) is 41.6 Å². The molecule has 4 aromatic heterocycles. The Morgan fingerprint density at radius 1 is 1.03 bits per heavy atom. The number of rotatable bonds is 5. The second-order valence-electron chi connectivity index (χ2n) is 7.07. The molecule has 0 spiro atoms. The summed E-state index contributed by atoms with van der Waals surface area (Å²) in [5, 5.41) is 11.0. The average Bonchev–Trinajstić information content (AvgIpc) is 3.57. The number of aliphatic imine (C=N–C) groups is 1. The Bertz CT molecular complexity index is 1430. The topological polar surface area (TPSA) is 80.5 Å². The normalized spacial score (nSPS) is 11.5. The highest BCUT2D eigenvalue weighted by atomic mass is 16.4. The summed E-state index contributed by atoms with van der Waals surface area (Å²) in [6.45, 7) is 5.04. The van der Waals surface area contributed by atoms with E-state index in [0.717, 1.165) is 28.7 Å². The highest BCUT2D eigenvalue weighted by molar-refractivity contribution is 6.02. The summed E-state index contributed by atoms with van der Waals surface area (Å²) < 4.78 is 19.4. The van der Waals surface area contributed by atoms with Crippen LogP contribution in [-0.4, -0.2) is 10.8 Å². The van der Waals surface area contributed by atoms with Gasteiger partial charge in [-0.1, -0.05) is 18.2 Å². The molecule has 4 heterocycles. The molecule has 0 aliphatic heterocycles. The standard InChI is InChI=1S/C25H19N3O3/c1-3-28-16(2)19(17-8-4-5-9-20(17)28)15-27-25-18(14-26)23(21-10-6-12-29-21)24(31-25)22-11-7-13-30-22/h4-13,15H,3H2,1-2H3. The predicted octanol–water partition coefficient (Wildman–Crippen LogP) is 6.70. The second-order valence-corrected chi connectivity index (χ2v) is 7.07. The third-order valence-corrected chi connectivity index (χ3v) is 5.42. The maximum absolute atomic E-state index is 9.91. The van der Waals surface area contributed by atoms with Crippen molar-refractivity contribution in [3.8, 4) is 28.9 Å². The summed E-state index contributed by atoms with van der Waals surface area (Å²) in [5.74, 6) is 1.65. The molecule has 5 aromatic rings. The molecule has 6 heteroatoms. The van der Waals surface area contributed by atoms with E-state index >= 15 is 0 Å². The molecule has 5 rings (SSSR count). The molecule has 0 N–H and O–H groups in total. The fourth-order valence-corrected chi connectivity index (χ4v) is 4.00. The number of furan rings is 3. The molecule has 1 aromatic carbocycles. The van der Waals surface area contributed by atoms with E-state index in [0.29, 0.717) is 28.4 Å². The minimum atomic E-state index is 0.216. The molecule has 0 amide bonds. The Balaban J connectivity index is 1.69. The zero-order valence-electron chi connectivity index (χ0n) is 17.1. The van der Waals surface area contributed by atoms with Crippen LogP contribution in [-0.2, 0) is 6.54 Å². The number of benzene rings is 1. The van der Waals surface area contributed by atoms with E-state index in [-0.39, 0.29) is 5.88 Å². The van der Waals surface area contributed by atoms with Crippen LogP contribution in [0.5, 0.6) is 0 Å². The van der Waals surface area contributed by atoms with Crippen molar-refractivity contribution in [1.29, 1.82) is 5.26 Å². The van der Waals surface area contributed by atoms with Gasteiger partial charge in [0, 0.05) is 34.9 Å². The molecule has 152 valence electrons. The Morgan fingerprint density at radius 2 is 1.77 bits per heavy atom. The van der Waals surface area contributed by atoms with Crippen molar-refractivity contribution in [3.63, 3.8) is 0 Å². The first-order chi connectivity index (χ1) is 15.2. The summed E-state index contributed by atoms with van der Waals surface area (Å²) in [6, 6.07) is 17.5. The minimum absolute atomic E-state index is 0.216. The fraction of sp³-hybridized carbons (Fsp3) is 0.120. The number of fused-ring (bicyclic) bond motifs is 1. The smallest absolute Gasteiger partial charge is 0.238 e. The first-order valence-corrected chi connectivity index (χ1v) is 9.99. The zero-order valence-corrected chi connectivity index (χ0v) is 17.1. The number of nitriles is 1. The van der Waals surface area contributed by atoms with Crippen LogP contribution in [0.4, 0.5) is 5.88 Å². The van der Waals surface area contributed by atoms with Crippen LogP contribution in [0, 0.1) is 18.3 Å². The van der Waals surface area contributed by atoms with Gasteiger partial charge >= 0.3 is 0 Å². The van der Waals surface area contributed by atoms with E-state index in [1.807, 2.05) is 12.1 Å². The van der Waals surface area contributed by atoms with Crippen LogP contribution in [0.15, 0.2) is 79.3 Å². The molecular formula is C25H19N3O3. The van der Waals surface area contributed by atoms with Crippen molar-refractivity contribution in [3.05, 3.63) is 77.9 Å². The molecule has 6 nitrogen and oxygen atoms in total. The lowest BCUT2D eigenvalue weighted by Gasteiger charge is -2.03. The summed E-state index contributed by atoms with van der Waals surface area (Å²) in [4.78, 5) is 4.60. The Kier molecular flexibility index (Phi) is 4.57. The summed E-state index contributed by atoms with van der Waals surface area (Å²) in [7, 11) is 0. The van der Waals surface area contributed by atoms with E-state index in [4.69, 9.17) is 13.3 Å². The lowest BCUT2D eigenvalue weighted by molar-refractivity contribution is 0.527. The van der Waals surface area contributed by atoms with Crippen LogP contribution in [0.25, 0.3) is 33.7 Å². The van der Waals surface area contributed by atoms with Crippen molar-refractivity contribution in [2.24, 2.45) is 4.99 Å². The van der Waals surface area contributed by atoms with E-state index < -0.39 is 0 Å². The van der Waals surface area contributed by atoms with E-state index in [9.17, 15) is 5.26 Å². The van der Waals surface area contributed by atoms with Gasteiger partial charge in [0.05, 0.1) is 18.1 Å². The summed E-state index contributed by atoms with van der Waals surface area (Å²) in [5.41, 5.74) is 4.08.